The molecule has 1 aliphatic rings. The maximum atomic E-state index is 12.5. The van der Waals surface area contributed by atoms with Crippen LogP contribution in [0.5, 0.6) is 11.5 Å². The predicted molar refractivity (Wildman–Crippen MR) is 120 cm³/mol. The van der Waals surface area contributed by atoms with Crippen LogP contribution in [0.2, 0.25) is 5.02 Å². The van der Waals surface area contributed by atoms with Gasteiger partial charge < -0.3 is 14.4 Å². The largest absolute Gasteiger partial charge is 0.497 e. The van der Waals surface area contributed by atoms with Gasteiger partial charge in [-0.3, -0.25) is 9.36 Å². The van der Waals surface area contributed by atoms with Crippen molar-refractivity contribution in [3.63, 3.8) is 0 Å². The van der Waals surface area contributed by atoms with E-state index in [2.05, 4.69) is 10.2 Å². The Morgan fingerprint density at radius 2 is 1.71 bits per heavy atom. The highest BCUT2D eigenvalue weighted by molar-refractivity contribution is 7.99. The number of carbonyl (C=O) groups is 1. The molecule has 1 aliphatic heterocycles. The quantitative estimate of drug-likeness (QED) is 0.471. The summed E-state index contributed by atoms with van der Waals surface area (Å²) in [5.41, 5.74) is 0.872. The molecule has 0 atom stereocenters. The highest BCUT2D eigenvalue weighted by Gasteiger charge is 2.21. The number of methoxy groups -OCH3 is 1. The van der Waals surface area contributed by atoms with E-state index in [9.17, 15) is 4.79 Å². The summed E-state index contributed by atoms with van der Waals surface area (Å²) in [6, 6.07) is 14.8. The minimum atomic E-state index is 0.130. The van der Waals surface area contributed by atoms with Gasteiger partial charge in [-0.2, -0.15) is 0 Å². The normalized spacial score (nSPS) is 13.4. The van der Waals surface area contributed by atoms with Crippen molar-refractivity contribution in [1.82, 2.24) is 19.7 Å². The van der Waals surface area contributed by atoms with Crippen molar-refractivity contribution >= 4 is 29.3 Å². The standard InChI is InChI=1S/C22H23ClN4O3S/c1-29-18-10-6-17(7-11-18)27-20(14-30-19-8-4-16(23)5-9-19)24-25-22(27)31-15-21(28)26-12-2-3-13-26/h4-11H,2-3,12-15H2,1H3. The van der Waals surface area contributed by atoms with E-state index in [1.54, 1.807) is 31.4 Å². The number of halogens is 1. The van der Waals surface area contributed by atoms with Crippen LogP contribution in [0.1, 0.15) is 18.7 Å². The molecule has 0 spiro atoms. The van der Waals surface area contributed by atoms with Crippen LogP contribution < -0.4 is 9.47 Å². The van der Waals surface area contributed by atoms with Crippen LogP contribution >= 0.6 is 23.4 Å². The summed E-state index contributed by atoms with van der Waals surface area (Å²) in [4.78, 5) is 14.4. The number of thioether (sulfide) groups is 1. The van der Waals surface area contributed by atoms with E-state index < -0.39 is 0 Å². The Morgan fingerprint density at radius 1 is 1.03 bits per heavy atom. The van der Waals surface area contributed by atoms with E-state index in [1.807, 2.05) is 33.7 Å². The van der Waals surface area contributed by atoms with Crippen molar-refractivity contribution in [1.29, 1.82) is 0 Å². The second-order valence-corrected chi connectivity index (χ2v) is 8.43. The van der Waals surface area contributed by atoms with Crippen molar-refractivity contribution in [3.8, 4) is 17.2 Å². The Morgan fingerprint density at radius 3 is 2.39 bits per heavy atom. The molecule has 9 heteroatoms. The van der Waals surface area contributed by atoms with Crippen molar-refractivity contribution in [2.45, 2.75) is 24.6 Å². The molecule has 0 aliphatic carbocycles. The maximum Gasteiger partial charge on any atom is 0.233 e. The topological polar surface area (TPSA) is 69.5 Å². The molecule has 0 bridgehead atoms. The molecular formula is C22H23ClN4O3S. The van der Waals surface area contributed by atoms with E-state index in [4.69, 9.17) is 21.1 Å². The molecule has 3 aromatic rings. The minimum Gasteiger partial charge on any atom is -0.497 e. The zero-order chi connectivity index (χ0) is 21.6. The molecule has 1 aromatic heterocycles. The lowest BCUT2D eigenvalue weighted by molar-refractivity contribution is -0.127. The molecule has 0 saturated carbocycles. The summed E-state index contributed by atoms with van der Waals surface area (Å²) in [6.07, 6.45) is 2.15. The predicted octanol–water partition coefficient (Wildman–Crippen LogP) is 4.22. The lowest BCUT2D eigenvalue weighted by Crippen LogP contribution is -2.29. The fourth-order valence-electron chi connectivity index (χ4n) is 3.34. The fourth-order valence-corrected chi connectivity index (χ4v) is 4.34. The van der Waals surface area contributed by atoms with Gasteiger partial charge in [0, 0.05) is 23.8 Å². The van der Waals surface area contributed by atoms with Crippen molar-refractivity contribution in [2.75, 3.05) is 26.0 Å². The molecule has 31 heavy (non-hydrogen) atoms. The zero-order valence-corrected chi connectivity index (χ0v) is 18.7. The van der Waals surface area contributed by atoms with E-state index in [0.717, 1.165) is 37.4 Å². The molecule has 1 amide bonds. The summed E-state index contributed by atoms with van der Waals surface area (Å²) in [5, 5.41) is 9.96. The summed E-state index contributed by atoms with van der Waals surface area (Å²) >= 11 is 7.33. The van der Waals surface area contributed by atoms with E-state index in [-0.39, 0.29) is 12.5 Å². The van der Waals surface area contributed by atoms with Gasteiger partial charge in [0.05, 0.1) is 12.9 Å². The van der Waals surface area contributed by atoms with Crippen LogP contribution in [0, 0.1) is 0 Å². The Labute approximate surface area is 190 Å². The first kappa shape index (κ1) is 21.5. The molecule has 1 fully saturated rings. The number of hydrogen-bond acceptors (Lipinski definition) is 6. The molecule has 0 unspecified atom stereocenters. The first-order chi connectivity index (χ1) is 15.1. The van der Waals surface area contributed by atoms with Gasteiger partial charge in [-0.15, -0.1) is 10.2 Å². The van der Waals surface area contributed by atoms with Crippen molar-refractivity contribution in [2.24, 2.45) is 0 Å². The summed E-state index contributed by atoms with van der Waals surface area (Å²) in [6.45, 7) is 1.90. The smallest absolute Gasteiger partial charge is 0.233 e. The van der Waals surface area contributed by atoms with Gasteiger partial charge in [-0.25, -0.2) is 0 Å². The lowest BCUT2D eigenvalue weighted by Gasteiger charge is -2.15. The molecule has 162 valence electrons. The fraction of sp³-hybridized carbons (Fsp3) is 0.318. The first-order valence-electron chi connectivity index (χ1n) is 10.0. The van der Waals surface area contributed by atoms with Gasteiger partial charge in [0.2, 0.25) is 5.91 Å². The van der Waals surface area contributed by atoms with Crippen LogP contribution in [0.4, 0.5) is 0 Å². The third-order valence-electron chi connectivity index (χ3n) is 5.00. The zero-order valence-electron chi connectivity index (χ0n) is 17.2. The second kappa shape index (κ2) is 10.1. The van der Waals surface area contributed by atoms with Crippen molar-refractivity contribution in [3.05, 3.63) is 59.4 Å². The molecule has 1 saturated heterocycles. The first-order valence-corrected chi connectivity index (χ1v) is 11.4. The molecule has 0 N–H and O–H groups in total. The number of aromatic nitrogens is 3. The van der Waals surface area contributed by atoms with Crippen LogP contribution in [-0.4, -0.2) is 51.5 Å². The summed E-state index contributed by atoms with van der Waals surface area (Å²) < 4.78 is 13.1. The minimum absolute atomic E-state index is 0.130. The average molecular weight is 459 g/mol. The molecule has 2 aromatic carbocycles. The van der Waals surface area contributed by atoms with E-state index >= 15 is 0 Å². The SMILES string of the molecule is COc1ccc(-n2c(COc3ccc(Cl)cc3)nnc2SCC(=O)N2CCCC2)cc1. The van der Waals surface area contributed by atoms with E-state index in [1.165, 1.54) is 11.8 Å². The van der Waals surface area contributed by atoms with Crippen LogP contribution in [0.25, 0.3) is 5.69 Å². The van der Waals surface area contributed by atoms with Gasteiger partial charge in [-0.1, -0.05) is 23.4 Å². The van der Waals surface area contributed by atoms with Gasteiger partial charge >= 0.3 is 0 Å². The van der Waals surface area contributed by atoms with Crippen molar-refractivity contribution < 1.29 is 14.3 Å². The Kier molecular flexibility index (Phi) is 6.99. The third-order valence-corrected chi connectivity index (χ3v) is 6.16. The third kappa shape index (κ3) is 5.32. The van der Waals surface area contributed by atoms with Gasteiger partial charge in [0.25, 0.3) is 0 Å². The highest BCUT2D eigenvalue weighted by Crippen LogP contribution is 2.25. The number of hydrogen-bond donors (Lipinski definition) is 0. The van der Waals surface area contributed by atoms with Crippen LogP contribution in [0.15, 0.2) is 53.7 Å². The average Bonchev–Trinajstić information content (AvgIpc) is 3.47. The number of nitrogens with zero attached hydrogens (tertiary/aromatic N) is 4. The monoisotopic (exact) mass is 458 g/mol. The van der Waals surface area contributed by atoms with Crippen LogP contribution in [0.3, 0.4) is 0 Å². The molecular weight excluding hydrogens is 436 g/mol. The number of carbonyl (C=O) groups excluding carboxylic acids is 1. The number of ether oxygens (including phenoxy) is 2. The maximum absolute atomic E-state index is 12.5. The Hall–Kier alpha value is -2.71. The second-order valence-electron chi connectivity index (χ2n) is 7.05. The highest BCUT2D eigenvalue weighted by atomic mass is 35.5. The lowest BCUT2D eigenvalue weighted by atomic mass is 10.3. The summed E-state index contributed by atoms with van der Waals surface area (Å²) in [7, 11) is 1.63. The Balaban J connectivity index is 1.54. The number of rotatable bonds is 8. The van der Waals surface area contributed by atoms with E-state index in [0.29, 0.717) is 27.5 Å². The number of likely N-dealkylation sites (tertiary alicyclic amines) is 1. The molecule has 7 nitrogen and oxygen atoms in total. The number of amides is 1. The van der Waals surface area contributed by atoms with Gasteiger partial charge in [0.15, 0.2) is 11.0 Å². The number of benzene rings is 2. The molecule has 4 rings (SSSR count). The van der Waals surface area contributed by atoms with Gasteiger partial charge in [0.1, 0.15) is 18.1 Å². The van der Waals surface area contributed by atoms with Gasteiger partial charge in [-0.05, 0) is 61.4 Å². The Bertz CT molecular complexity index is 1020. The summed E-state index contributed by atoms with van der Waals surface area (Å²) in [5.74, 6) is 2.54. The molecule has 0 radical (unpaired) electrons. The van der Waals surface area contributed by atoms with Crippen LogP contribution in [-0.2, 0) is 11.4 Å². The molecule has 2 heterocycles.